The zero-order valence-electron chi connectivity index (χ0n) is 12.0. The maximum atomic E-state index is 4.35. The largest absolute Gasteiger partial charge is 0.298 e. The van der Waals surface area contributed by atoms with Crippen molar-refractivity contribution in [3.05, 3.63) is 24.3 Å². The van der Waals surface area contributed by atoms with Crippen LogP contribution in [0.25, 0.3) is 11.0 Å². The molecular weight excluding hydrogens is 236 g/mol. The van der Waals surface area contributed by atoms with Crippen LogP contribution in [0.3, 0.4) is 0 Å². The highest BCUT2D eigenvalue weighted by atomic mass is 15.4. The summed E-state index contributed by atoms with van der Waals surface area (Å²) >= 11 is 0. The van der Waals surface area contributed by atoms with E-state index in [0.29, 0.717) is 6.04 Å². The molecule has 1 aromatic carbocycles. The van der Waals surface area contributed by atoms with Gasteiger partial charge in [-0.3, -0.25) is 4.90 Å². The summed E-state index contributed by atoms with van der Waals surface area (Å²) in [6, 6.07) is 8.72. The lowest BCUT2D eigenvalue weighted by atomic mass is 9.98. The highest BCUT2D eigenvalue weighted by Gasteiger charge is 2.28. The average Bonchev–Trinajstić information content (AvgIpc) is 2.82. The number of likely N-dealkylation sites (tertiary alicyclic amines) is 1. The highest BCUT2D eigenvalue weighted by molar-refractivity contribution is 5.73. The van der Waals surface area contributed by atoms with Crippen molar-refractivity contribution in [3.8, 4) is 0 Å². The molecule has 2 aromatic rings. The number of hydrogen-bond donors (Lipinski definition) is 0. The monoisotopic (exact) mass is 258 g/mol. The van der Waals surface area contributed by atoms with Crippen LogP contribution in [0.2, 0.25) is 0 Å². The van der Waals surface area contributed by atoms with Crippen LogP contribution in [-0.4, -0.2) is 38.5 Å². The number of aromatic nitrogens is 3. The van der Waals surface area contributed by atoms with E-state index in [-0.39, 0.29) is 5.54 Å². The minimum absolute atomic E-state index is 0.273. The highest BCUT2D eigenvalue weighted by Crippen LogP contribution is 2.28. The van der Waals surface area contributed by atoms with E-state index in [1.54, 1.807) is 0 Å². The van der Waals surface area contributed by atoms with Gasteiger partial charge >= 0.3 is 0 Å². The molecule has 0 amide bonds. The quantitative estimate of drug-likeness (QED) is 0.788. The Labute approximate surface area is 114 Å². The molecule has 1 aliphatic rings. The molecule has 4 heteroatoms. The number of rotatable bonds is 1. The molecular formula is C15H22N4. The van der Waals surface area contributed by atoms with Crippen LogP contribution in [0.1, 0.15) is 39.7 Å². The average molecular weight is 258 g/mol. The third-order valence-electron chi connectivity index (χ3n) is 4.14. The van der Waals surface area contributed by atoms with E-state index < -0.39 is 0 Å². The molecule has 1 aromatic heterocycles. The Bertz CT molecular complexity index is 559. The lowest BCUT2D eigenvalue weighted by Crippen LogP contribution is -2.46. The van der Waals surface area contributed by atoms with E-state index in [1.807, 2.05) is 12.1 Å². The topological polar surface area (TPSA) is 34.0 Å². The molecule has 0 unspecified atom stereocenters. The molecule has 0 aliphatic carbocycles. The summed E-state index contributed by atoms with van der Waals surface area (Å²) < 4.78 is 2.12. The number of nitrogens with zero attached hydrogens (tertiary/aromatic N) is 4. The van der Waals surface area contributed by atoms with E-state index in [0.717, 1.165) is 37.0 Å². The Kier molecular flexibility index (Phi) is 3.05. The van der Waals surface area contributed by atoms with E-state index in [9.17, 15) is 0 Å². The van der Waals surface area contributed by atoms with Crippen molar-refractivity contribution in [2.75, 3.05) is 13.1 Å². The molecule has 1 saturated heterocycles. The smallest absolute Gasteiger partial charge is 0.113 e. The minimum Gasteiger partial charge on any atom is -0.298 e. The predicted molar refractivity (Wildman–Crippen MR) is 77.1 cm³/mol. The summed E-state index contributed by atoms with van der Waals surface area (Å²) in [5, 5.41) is 8.62. The van der Waals surface area contributed by atoms with Gasteiger partial charge in [0.1, 0.15) is 5.52 Å². The molecule has 1 aliphatic heterocycles. The van der Waals surface area contributed by atoms with Crippen molar-refractivity contribution in [1.82, 2.24) is 19.9 Å². The molecule has 0 radical (unpaired) electrons. The molecule has 0 bridgehead atoms. The summed E-state index contributed by atoms with van der Waals surface area (Å²) in [5.74, 6) is 0. The van der Waals surface area contributed by atoms with Crippen LogP contribution in [0.4, 0.5) is 0 Å². The van der Waals surface area contributed by atoms with E-state index in [2.05, 4.69) is 52.8 Å². The van der Waals surface area contributed by atoms with Gasteiger partial charge in [-0.25, -0.2) is 4.68 Å². The molecule has 0 N–H and O–H groups in total. The van der Waals surface area contributed by atoms with Gasteiger partial charge in [-0.15, -0.1) is 5.10 Å². The van der Waals surface area contributed by atoms with Gasteiger partial charge < -0.3 is 0 Å². The number of fused-ring (bicyclic) bond motifs is 1. The lowest BCUT2D eigenvalue weighted by molar-refractivity contribution is 0.0876. The van der Waals surface area contributed by atoms with E-state index >= 15 is 0 Å². The van der Waals surface area contributed by atoms with Crippen LogP contribution in [0.15, 0.2) is 24.3 Å². The first-order valence-corrected chi connectivity index (χ1v) is 7.11. The minimum atomic E-state index is 0.273. The van der Waals surface area contributed by atoms with Crippen molar-refractivity contribution in [2.45, 2.75) is 45.2 Å². The molecule has 3 rings (SSSR count). The van der Waals surface area contributed by atoms with Gasteiger partial charge in [0.05, 0.1) is 11.6 Å². The van der Waals surface area contributed by atoms with Gasteiger partial charge in [-0.05, 0) is 45.7 Å². The first-order valence-electron chi connectivity index (χ1n) is 7.11. The van der Waals surface area contributed by atoms with Gasteiger partial charge in [0.2, 0.25) is 0 Å². The summed E-state index contributed by atoms with van der Waals surface area (Å²) in [7, 11) is 0. The van der Waals surface area contributed by atoms with Crippen LogP contribution in [0.5, 0.6) is 0 Å². The van der Waals surface area contributed by atoms with Gasteiger partial charge in [-0.2, -0.15) is 0 Å². The zero-order valence-corrected chi connectivity index (χ0v) is 12.0. The lowest BCUT2D eigenvalue weighted by Gasteiger charge is -2.40. The Morgan fingerprint density at radius 2 is 1.79 bits per heavy atom. The number of hydrogen-bond acceptors (Lipinski definition) is 3. The van der Waals surface area contributed by atoms with E-state index in [1.165, 1.54) is 0 Å². The molecule has 102 valence electrons. The molecule has 4 nitrogen and oxygen atoms in total. The third kappa shape index (κ3) is 2.37. The standard InChI is InChI=1S/C15H22N4/c1-15(2,3)18-10-8-12(9-11-18)19-14-7-5-4-6-13(14)16-17-19/h4-7,12H,8-11H2,1-3H3. The van der Waals surface area contributed by atoms with Crippen LogP contribution in [0, 0.1) is 0 Å². The normalized spacial score (nSPS) is 19.1. The molecule has 19 heavy (non-hydrogen) atoms. The van der Waals surface area contributed by atoms with Crippen molar-refractivity contribution < 1.29 is 0 Å². The van der Waals surface area contributed by atoms with Crippen LogP contribution in [-0.2, 0) is 0 Å². The Hall–Kier alpha value is -1.42. The number of benzene rings is 1. The van der Waals surface area contributed by atoms with Crippen molar-refractivity contribution in [1.29, 1.82) is 0 Å². The first kappa shape index (κ1) is 12.6. The Morgan fingerprint density at radius 3 is 2.47 bits per heavy atom. The summed E-state index contributed by atoms with van der Waals surface area (Å²) in [6.45, 7) is 9.15. The number of piperidine rings is 1. The maximum absolute atomic E-state index is 4.35. The van der Waals surface area contributed by atoms with Gasteiger partial charge in [-0.1, -0.05) is 17.3 Å². The molecule has 1 fully saturated rings. The Balaban J connectivity index is 1.79. The fraction of sp³-hybridized carbons (Fsp3) is 0.600. The van der Waals surface area contributed by atoms with Gasteiger partial charge in [0.25, 0.3) is 0 Å². The zero-order chi connectivity index (χ0) is 13.5. The van der Waals surface area contributed by atoms with Crippen LogP contribution < -0.4 is 0 Å². The van der Waals surface area contributed by atoms with Crippen LogP contribution >= 0.6 is 0 Å². The van der Waals surface area contributed by atoms with Crippen molar-refractivity contribution >= 4 is 11.0 Å². The second-order valence-electron chi connectivity index (χ2n) is 6.41. The maximum Gasteiger partial charge on any atom is 0.113 e. The van der Waals surface area contributed by atoms with E-state index in [4.69, 9.17) is 0 Å². The predicted octanol–water partition coefficient (Wildman–Crippen LogP) is 2.87. The first-order chi connectivity index (χ1) is 9.05. The van der Waals surface area contributed by atoms with Gasteiger partial charge in [0.15, 0.2) is 0 Å². The SMILES string of the molecule is CC(C)(C)N1CCC(n2nnc3ccccc32)CC1. The summed E-state index contributed by atoms with van der Waals surface area (Å²) in [5.41, 5.74) is 2.44. The molecule has 0 atom stereocenters. The van der Waals surface area contributed by atoms with Gasteiger partial charge in [0, 0.05) is 18.6 Å². The van der Waals surface area contributed by atoms with Crippen molar-refractivity contribution in [3.63, 3.8) is 0 Å². The molecule has 0 saturated carbocycles. The number of para-hydroxylation sites is 1. The molecule has 0 spiro atoms. The second-order valence-corrected chi connectivity index (χ2v) is 6.41. The Morgan fingerprint density at radius 1 is 1.11 bits per heavy atom. The summed E-state index contributed by atoms with van der Waals surface area (Å²) in [4.78, 5) is 2.56. The van der Waals surface area contributed by atoms with Crippen molar-refractivity contribution in [2.24, 2.45) is 0 Å². The second kappa shape index (κ2) is 4.60. The molecule has 2 heterocycles. The fourth-order valence-electron chi connectivity index (χ4n) is 2.94. The fourth-order valence-corrected chi connectivity index (χ4v) is 2.94. The summed E-state index contributed by atoms with van der Waals surface area (Å²) in [6.07, 6.45) is 2.31. The third-order valence-corrected chi connectivity index (χ3v) is 4.14.